The van der Waals surface area contributed by atoms with E-state index in [1.54, 1.807) is 17.4 Å². The van der Waals surface area contributed by atoms with Crippen LogP contribution in [0.15, 0.2) is 35.0 Å². The highest BCUT2D eigenvalue weighted by atomic mass is 35.5. The molecule has 0 bridgehead atoms. The van der Waals surface area contributed by atoms with Crippen molar-refractivity contribution in [2.24, 2.45) is 0 Å². The van der Waals surface area contributed by atoms with E-state index >= 15 is 0 Å². The van der Waals surface area contributed by atoms with Gasteiger partial charge in [-0.15, -0.1) is 22.7 Å². The molecule has 0 N–H and O–H groups in total. The summed E-state index contributed by atoms with van der Waals surface area (Å²) in [5.74, 6) is 1.13. The number of ether oxygens (including phenoxy) is 1. The first-order chi connectivity index (χ1) is 14.1. The number of hydrogen-bond acceptors (Lipinski definition) is 5. The molecular weight excluding hydrogens is 447 g/mol. The van der Waals surface area contributed by atoms with Crippen LogP contribution in [0.25, 0.3) is 11.3 Å². The van der Waals surface area contributed by atoms with Crippen LogP contribution >= 0.6 is 45.9 Å². The Hall–Kier alpha value is -1.60. The zero-order valence-corrected chi connectivity index (χ0v) is 19.0. The predicted octanol–water partition coefficient (Wildman–Crippen LogP) is 6.60. The van der Waals surface area contributed by atoms with Crippen molar-refractivity contribution < 1.29 is 9.53 Å². The second kappa shape index (κ2) is 9.04. The summed E-state index contributed by atoms with van der Waals surface area (Å²) in [5.41, 5.74) is 1.89. The van der Waals surface area contributed by atoms with E-state index in [2.05, 4.69) is 5.38 Å². The summed E-state index contributed by atoms with van der Waals surface area (Å²) in [7, 11) is 0. The highest BCUT2D eigenvalue weighted by molar-refractivity contribution is 7.12. The molecule has 1 aliphatic rings. The zero-order chi connectivity index (χ0) is 20.4. The summed E-state index contributed by atoms with van der Waals surface area (Å²) in [4.78, 5) is 20.3. The summed E-state index contributed by atoms with van der Waals surface area (Å²) in [6.45, 7) is 3.95. The number of halogens is 2. The Morgan fingerprint density at radius 3 is 2.72 bits per heavy atom. The van der Waals surface area contributed by atoms with Crippen molar-refractivity contribution in [3.05, 3.63) is 55.0 Å². The van der Waals surface area contributed by atoms with Crippen LogP contribution in [0.4, 0.5) is 0 Å². The van der Waals surface area contributed by atoms with Gasteiger partial charge in [-0.25, -0.2) is 4.98 Å². The van der Waals surface area contributed by atoms with E-state index in [4.69, 9.17) is 32.9 Å². The van der Waals surface area contributed by atoms with Gasteiger partial charge >= 0.3 is 0 Å². The molecule has 0 unspecified atom stereocenters. The lowest BCUT2D eigenvalue weighted by molar-refractivity contribution is 0.0714. The number of carbonyl (C=O) groups excluding carboxylic acids is 1. The van der Waals surface area contributed by atoms with Crippen LogP contribution in [-0.4, -0.2) is 35.5 Å². The molecule has 1 amide bonds. The molecule has 152 valence electrons. The molecule has 1 saturated heterocycles. The first kappa shape index (κ1) is 20.7. The van der Waals surface area contributed by atoms with Crippen molar-refractivity contribution in [2.45, 2.75) is 25.7 Å². The van der Waals surface area contributed by atoms with Crippen molar-refractivity contribution >= 4 is 51.8 Å². The van der Waals surface area contributed by atoms with E-state index in [1.807, 2.05) is 35.4 Å². The monoisotopic (exact) mass is 466 g/mol. The van der Waals surface area contributed by atoms with Gasteiger partial charge < -0.3 is 9.64 Å². The average Bonchev–Trinajstić information content (AvgIpc) is 3.40. The Labute approximate surface area is 188 Å². The van der Waals surface area contributed by atoms with Gasteiger partial charge in [-0.2, -0.15) is 0 Å². The van der Waals surface area contributed by atoms with Gasteiger partial charge in [0.1, 0.15) is 10.6 Å². The van der Waals surface area contributed by atoms with Gasteiger partial charge in [0.2, 0.25) is 0 Å². The molecule has 1 fully saturated rings. The number of thiophene rings is 1. The zero-order valence-electron chi connectivity index (χ0n) is 15.9. The Morgan fingerprint density at radius 2 is 2.00 bits per heavy atom. The Morgan fingerprint density at radius 1 is 1.21 bits per heavy atom. The lowest BCUT2D eigenvalue weighted by Crippen LogP contribution is -2.37. The fourth-order valence-corrected chi connectivity index (χ4v) is 5.56. The van der Waals surface area contributed by atoms with Gasteiger partial charge in [0.05, 0.1) is 27.4 Å². The number of rotatable bonds is 5. The summed E-state index contributed by atoms with van der Waals surface area (Å²) >= 11 is 15.3. The lowest BCUT2D eigenvalue weighted by atomic mass is 9.97. The number of nitrogens with zero attached hydrogens (tertiary/aromatic N) is 2. The summed E-state index contributed by atoms with van der Waals surface area (Å²) in [6, 6.07) is 7.45. The van der Waals surface area contributed by atoms with Crippen molar-refractivity contribution in [3.63, 3.8) is 0 Å². The SMILES string of the molecule is CCOc1ccsc1C(=O)N1CCC(c2nc(-c3ccc(Cl)c(Cl)c3)cs2)CC1. The molecule has 2 aromatic heterocycles. The number of aromatic nitrogens is 1. The Kier molecular flexibility index (Phi) is 6.44. The average molecular weight is 467 g/mol. The topological polar surface area (TPSA) is 42.4 Å². The van der Waals surface area contributed by atoms with Crippen LogP contribution < -0.4 is 4.74 Å². The Balaban J connectivity index is 1.41. The highest BCUT2D eigenvalue weighted by Gasteiger charge is 2.28. The van der Waals surface area contributed by atoms with Gasteiger partial charge in [-0.05, 0) is 43.3 Å². The number of benzene rings is 1. The first-order valence-electron chi connectivity index (χ1n) is 9.47. The van der Waals surface area contributed by atoms with E-state index in [0.717, 1.165) is 42.2 Å². The van der Waals surface area contributed by atoms with Gasteiger partial charge in [0.15, 0.2) is 0 Å². The minimum Gasteiger partial charge on any atom is -0.492 e. The van der Waals surface area contributed by atoms with Crippen molar-refractivity contribution in [3.8, 4) is 17.0 Å². The number of likely N-dealkylation sites (tertiary alicyclic amines) is 1. The molecular formula is C21H20Cl2N2O2S2. The normalized spacial score (nSPS) is 14.9. The minimum atomic E-state index is 0.0672. The molecule has 0 radical (unpaired) electrons. The third-order valence-corrected chi connectivity index (χ3v) is 7.62. The van der Waals surface area contributed by atoms with Gasteiger partial charge in [0, 0.05) is 30.0 Å². The van der Waals surface area contributed by atoms with Crippen LogP contribution in [0.3, 0.4) is 0 Å². The first-order valence-corrected chi connectivity index (χ1v) is 12.0. The van der Waals surface area contributed by atoms with E-state index < -0.39 is 0 Å². The number of thiazole rings is 1. The quantitative estimate of drug-likeness (QED) is 0.425. The van der Waals surface area contributed by atoms with E-state index in [-0.39, 0.29) is 5.91 Å². The molecule has 4 rings (SSSR count). The second-order valence-electron chi connectivity index (χ2n) is 6.81. The Bertz CT molecular complexity index is 1010. The number of hydrogen-bond donors (Lipinski definition) is 0. The fraction of sp³-hybridized carbons (Fsp3) is 0.333. The number of carbonyl (C=O) groups is 1. The lowest BCUT2D eigenvalue weighted by Gasteiger charge is -2.31. The molecule has 0 saturated carbocycles. The molecule has 3 aromatic rings. The highest BCUT2D eigenvalue weighted by Crippen LogP contribution is 2.35. The molecule has 4 nitrogen and oxygen atoms in total. The van der Waals surface area contributed by atoms with E-state index in [0.29, 0.717) is 33.2 Å². The standard InChI is InChI=1S/C21H20Cl2N2O2S2/c1-2-27-18-7-10-28-19(18)21(26)25-8-5-13(6-9-25)20-24-17(12-29-20)14-3-4-15(22)16(23)11-14/h3-4,7,10-13H,2,5-6,8-9H2,1H3. The van der Waals surface area contributed by atoms with E-state index in [1.165, 1.54) is 11.3 Å². The van der Waals surface area contributed by atoms with Crippen LogP contribution in [0.1, 0.15) is 40.4 Å². The molecule has 0 spiro atoms. The molecule has 0 aliphatic carbocycles. The maximum Gasteiger partial charge on any atom is 0.267 e. The molecule has 1 aromatic carbocycles. The number of amides is 1. The maximum atomic E-state index is 12.9. The molecule has 3 heterocycles. The van der Waals surface area contributed by atoms with Crippen molar-refractivity contribution in [1.29, 1.82) is 0 Å². The van der Waals surface area contributed by atoms with Gasteiger partial charge in [-0.1, -0.05) is 29.3 Å². The molecule has 29 heavy (non-hydrogen) atoms. The van der Waals surface area contributed by atoms with Crippen LogP contribution in [-0.2, 0) is 0 Å². The summed E-state index contributed by atoms with van der Waals surface area (Å²) in [6.07, 6.45) is 1.82. The van der Waals surface area contributed by atoms with Crippen molar-refractivity contribution in [2.75, 3.05) is 19.7 Å². The third-order valence-electron chi connectivity index (χ3n) is 4.99. The van der Waals surface area contributed by atoms with Gasteiger partial charge in [0.25, 0.3) is 5.91 Å². The maximum absolute atomic E-state index is 12.9. The second-order valence-corrected chi connectivity index (χ2v) is 9.43. The molecule has 1 aliphatic heterocycles. The fourth-order valence-electron chi connectivity index (χ4n) is 3.46. The summed E-state index contributed by atoms with van der Waals surface area (Å²) in [5, 5.41) is 6.16. The largest absolute Gasteiger partial charge is 0.492 e. The predicted molar refractivity (Wildman–Crippen MR) is 121 cm³/mol. The van der Waals surface area contributed by atoms with Crippen LogP contribution in [0.2, 0.25) is 10.0 Å². The van der Waals surface area contributed by atoms with Gasteiger partial charge in [-0.3, -0.25) is 4.79 Å². The minimum absolute atomic E-state index is 0.0672. The number of piperidine rings is 1. The summed E-state index contributed by atoms with van der Waals surface area (Å²) < 4.78 is 5.58. The smallest absolute Gasteiger partial charge is 0.267 e. The van der Waals surface area contributed by atoms with Crippen LogP contribution in [0, 0.1) is 0 Å². The van der Waals surface area contributed by atoms with Crippen molar-refractivity contribution in [1.82, 2.24) is 9.88 Å². The van der Waals surface area contributed by atoms with E-state index in [9.17, 15) is 4.79 Å². The molecule has 8 heteroatoms. The third kappa shape index (κ3) is 4.45. The molecule has 0 atom stereocenters. The van der Waals surface area contributed by atoms with Crippen LogP contribution in [0.5, 0.6) is 5.75 Å².